The van der Waals surface area contributed by atoms with Crippen LogP contribution in [0.2, 0.25) is 0 Å². The molecule has 3 aromatic carbocycles. The fraction of sp³-hybridized carbons (Fsp3) is 0.344. The first-order valence-corrected chi connectivity index (χ1v) is 13.6. The second kappa shape index (κ2) is 11.5. The Balaban J connectivity index is 1.56. The van der Waals surface area contributed by atoms with Gasteiger partial charge in [-0.1, -0.05) is 69.5 Å². The Morgan fingerprint density at radius 2 is 1.68 bits per heavy atom. The monoisotopic (exact) mass is 497 g/mol. The summed E-state index contributed by atoms with van der Waals surface area (Å²) in [5.74, 6) is 3.29. The average Bonchev–Trinajstić information content (AvgIpc) is 3.45. The van der Waals surface area contributed by atoms with Crippen molar-refractivity contribution in [2.24, 2.45) is 0 Å². The van der Waals surface area contributed by atoms with E-state index >= 15 is 0 Å². The molecule has 1 aliphatic rings. The van der Waals surface area contributed by atoms with Crippen LogP contribution in [0.15, 0.2) is 77.0 Å². The zero-order chi connectivity index (χ0) is 25.6. The van der Waals surface area contributed by atoms with E-state index in [1.165, 1.54) is 36.8 Å². The van der Waals surface area contributed by atoms with Gasteiger partial charge in [0.15, 0.2) is 12.3 Å². The van der Waals surface area contributed by atoms with Gasteiger partial charge < -0.3 is 18.8 Å². The molecule has 0 saturated carbocycles. The van der Waals surface area contributed by atoms with Crippen molar-refractivity contribution in [3.05, 3.63) is 78.5 Å². The standard InChI is InChI=1S/C32H37N2O3/c1-4-6-11-19-33-27-21-25(24-13-9-8-10-14-24)15-17-29(27)36-31(33)23-32-34(20-12-7-5-2)28-22-26(35-3)16-18-30(28)37-32/h8-10,13-18,21-23H,4-7,11-12,19-20H2,1-3H3/q+1. The Morgan fingerprint density at radius 1 is 0.865 bits per heavy atom. The van der Waals surface area contributed by atoms with E-state index in [9.17, 15) is 0 Å². The molecule has 0 radical (unpaired) electrons. The van der Waals surface area contributed by atoms with Crippen molar-refractivity contribution in [3.8, 4) is 22.6 Å². The molecule has 192 valence electrons. The van der Waals surface area contributed by atoms with E-state index in [0.29, 0.717) is 0 Å². The fourth-order valence-electron chi connectivity index (χ4n) is 4.94. The molecule has 5 nitrogen and oxygen atoms in total. The minimum absolute atomic E-state index is 0.797. The smallest absolute Gasteiger partial charge is 0.379 e. The second-order valence-electron chi connectivity index (χ2n) is 9.62. The van der Waals surface area contributed by atoms with Crippen molar-refractivity contribution in [2.75, 3.05) is 18.6 Å². The van der Waals surface area contributed by atoms with Crippen LogP contribution < -0.4 is 18.9 Å². The van der Waals surface area contributed by atoms with Gasteiger partial charge in [-0.25, -0.2) is 0 Å². The Morgan fingerprint density at radius 3 is 2.46 bits per heavy atom. The van der Waals surface area contributed by atoms with E-state index in [0.717, 1.165) is 66.0 Å². The number of rotatable bonds is 11. The molecule has 0 N–H and O–H groups in total. The summed E-state index contributed by atoms with van der Waals surface area (Å²) in [5.41, 5.74) is 5.44. The molecule has 5 rings (SSSR count). The number of aromatic nitrogens is 1. The second-order valence-corrected chi connectivity index (χ2v) is 9.62. The first kappa shape index (κ1) is 24.9. The van der Waals surface area contributed by atoms with Crippen LogP contribution in [-0.4, -0.2) is 13.7 Å². The van der Waals surface area contributed by atoms with Crippen LogP contribution in [0.25, 0.3) is 28.3 Å². The highest BCUT2D eigenvalue weighted by Crippen LogP contribution is 2.42. The summed E-state index contributed by atoms with van der Waals surface area (Å²) >= 11 is 0. The number of fused-ring (bicyclic) bond motifs is 2. The number of benzene rings is 3. The van der Waals surface area contributed by atoms with Crippen LogP contribution in [0, 0.1) is 0 Å². The van der Waals surface area contributed by atoms with Gasteiger partial charge in [-0.05, 0) is 42.2 Å². The molecule has 5 heteroatoms. The van der Waals surface area contributed by atoms with Crippen LogP contribution in [-0.2, 0) is 6.54 Å². The van der Waals surface area contributed by atoms with Gasteiger partial charge in [0, 0.05) is 25.1 Å². The summed E-state index contributed by atoms with van der Waals surface area (Å²) in [6.07, 6.45) is 8.94. The normalized spacial score (nSPS) is 13.8. The third-order valence-electron chi connectivity index (χ3n) is 6.99. The maximum absolute atomic E-state index is 6.46. The predicted molar refractivity (Wildman–Crippen MR) is 150 cm³/mol. The summed E-state index contributed by atoms with van der Waals surface area (Å²) in [6.45, 7) is 6.25. The number of ether oxygens (including phenoxy) is 2. The van der Waals surface area contributed by atoms with Gasteiger partial charge in [-0.15, -0.1) is 0 Å². The summed E-state index contributed by atoms with van der Waals surface area (Å²) < 4.78 is 20.6. The fourth-order valence-corrected chi connectivity index (χ4v) is 4.94. The van der Waals surface area contributed by atoms with Crippen LogP contribution >= 0.6 is 0 Å². The Kier molecular flexibility index (Phi) is 7.79. The molecule has 0 spiro atoms. The lowest BCUT2D eigenvalue weighted by molar-refractivity contribution is -0.678. The van der Waals surface area contributed by atoms with Gasteiger partial charge in [0.2, 0.25) is 11.5 Å². The van der Waals surface area contributed by atoms with Gasteiger partial charge in [0.25, 0.3) is 5.52 Å². The van der Waals surface area contributed by atoms with Crippen molar-refractivity contribution in [3.63, 3.8) is 0 Å². The Bertz CT molecular complexity index is 1370. The molecular formula is C32H37N2O3+. The average molecular weight is 498 g/mol. The molecule has 0 atom stereocenters. The SMILES string of the molecule is CCCCCN1/C(=C/c2oc3ccc(-c4ccccc4)cc3[n+]2CCCCC)Oc2ccc(OC)cc21. The number of methoxy groups -OCH3 is 1. The quantitative estimate of drug-likeness (QED) is 0.156. The summed E-state index contributed by atoms with van der Waals surface area (Å²) in [4.78, 5) is 2.26. The molecule has 0 saturated heterocycles. The molecule has 2 heterocycles. The van der Waals surface area contributed by atoms with Crippen LogP contribution in [0.4, 0.5) is 5.69 Å². The molecule has 1 aromatic heterocycles. The maximum atomic E-state index is 6.46. The van der Waals surface area contributed by atoms with E-state index in [1.54, 1.807) is 7.11 Å². The highest BCUT2D eigenvalue weighted by molar-refractivity contribution is 5.79. The van der Waals surface area contributed by atoms with E-state index < -0.39 is 0 Å². The van der Waals surface area contributed by atoms with Gasteiger partial charge in [0.05, 0.1) is 12.8 Å². The summed E-state index contributed by atoms with van der Waals surface area (Å²) in [7, 11) is 1.70. The van der Waals surface area contributed by atoms with Gasteiger partial charge in [0.1, 0.15) is 11.8 Å². The zero-order valence-electron chi connectivity index (χ0n) is 22.2. The number of hydrogen-bond donors (Lipinski definition) is 0. The van der Waals surface area contributed by atoms with Crippen molar-refractivity contribution >= 4 is 22.9 Å². The van der Waals surface area contributed by atoms with Crippen LogP contribution in [0.5, 0.6) is 11.5 Å². The van der Waals surface area contributed by atoms with Crippen molar-refractivity contribution < 1.29 is 18.5 Å². The Labute approximate surface area is 219 Å². The minimum Gasteiger partial charge on any atom is -0.497 e. The number of nitrogens with zero attached hydrogens (tertiary/aromatic N) is 2. The molecule has 1 aliphatic heterocycles. The molecule has 0 fully saturated rings. The van der Waals surface area contributed by atoms with Crippen molar-refractivity contribution in [2.45, 2.75) is 58.9 Å². The summed E-state index contributed by atoms with van der Waals surface area (Å²) in [5, 5.41) is 0. The largest absolute Gasteiger partial charge is 0.497 e. The lowest BCUT2D eigenvalue weighted by atomic mass is 10.1. The highest BCUT2D eigenvalue weighted by atomic mass is 16.5. The number of aryl methyl sites for hydroxylation is 1. The molecule has 0 bridgehead atoms. The molecular weight excluding hydrogens is 460 g/mol. The molecule has 0 unspecified atom stereocenters. The van der Waals surface area contributed by atoms with E-state index in [2.05, 4.69) is 84.0 Å². The summed E-state index contributed by atoms with van der Waals surface area (Å²) in [6, 6.07) is 23.0. The van der Waals surface area contributed by atoms with Gasteiger partial charge in [-0.2, -0.15) is 4.57 Å². The minimum atomic E-state index is 0.797. The predicted octanol–water partition coefficient (Wildman–Crippen LogP) is 7.97. The maximum Gasteiger partial charge on any atom is 0.379 e. The molecule has 0 aliphatic carbocycles. The third-order valence-corrected chi connectivity index (χ3v) is 6.99. The third kappa shape index (κ3) is 5.36. The van der Waals surface area contributed by atoms with E-state index in [1.807, 2.05) is 12.1 Å². The molecule has 37 heavy (non-hydrogen) atoms. The number of hydrogen-bond acceptors (Lipinski definition) is 4. The van der Waals surface area contributed by atoms with Gasteiger partial charge in [-0.3, -0.25) is 0 Å². The molecule has 0 amide bonds. The van der Waals surface area contributed by atoms with Crippen LogP contribution in [0.1, 0.15) is 58.3 Å². The van der Waals surface area contributed by atoms with Gasteiger partial charge >= 0.3 is 5.89 Å². The Hall–Kier alpha value is -3.73. The number of anilines is 1. The van der Waals surface area contributed by atoms with Crippen LogP contribution in [0.3, 0.4) is 0 Å². The topological polar surface area (TPSA) is 38.7 Å². The van der Waals surface area contributed by atoms with Crippen molar-refractivity contribution in [1.29, 1.82) is 0 Å². The first-order chi connectivity index (χ1) is 18.2. The zero-order valence-corrected chi connectivity index (χ0v) is 22.2. The lowest BCUT2D eigenvalue weighted by Gasteiger charge is -2.18. The number of unbranched alkanes of at least 4 members (excludes halogenated alkanes) is 4. The van der Waals surface area contributed by atoms with E-state index in [4.69, 9.17) is 13.9 Å². The molecule has 4 aromatic rings. The van der Waals surface area contributed by atoms with Crippen molar-refractivity contribution in [1.82, 2.24) is 0 Å². The lowest BCUT2D eigenvalue weighted by Crippen LogP contribution is -2.36. The highest BCUT2D eigenvalue weighted by Gasteiger charge is 2.30. The van der Waals surface area contributed by atoms with E-state index in [-0.39, 0.29) is 0 Å². The first-order valence-electron chi connectivity index (χ1n) is 13.6. The number of oxazole rings is 1.